The Hall–Kier alpha value is -1.46. The molecule has 2 aromatic heterocycles. The van der Waals surface area contributed by atoms with Gasteiger partial charge in [0.15, 0.2) is 0 Å². The SMILES string of the molecule is C=C(CNC1CC1)Cn1cnc2ccsc2c1=O. The minimum absolute atomic E-state index is 0.0302. The van der Waals surface area contributed by atoms with Gasteiger partial charge in [0.2, 0.25) is 0 Å². The lowest BCUT2D eigenvalue weighted by Crippen LogP contribution is -2.25. The van der Waals surface area contributed by atoms with Crippen LogP contribution in [-0.2, 0) is 6.54 Å². The van der Waals surface area contributed by atoms with Crippen molar-refractivity contribution >= 4 is 21.6 Å². The van der Waals surface area contributed by atoms with Crippen LogP contribution >= 0.6 is 11.3 Å². The number of nitrogens with one attached hydrogen (secondary N) is 1. The van der Waals surface area contributed by atoms with E-state index < -0.39 is 0 Å². The molecule has 0 amide bonds. The maximum absolute atomic E-state index is 12.1. The average Bonchev–Trinajstić information content (AvgIpc) is 3.06. The van der Waals surface area contributed by atoms with Crippen LogP contribution in [0.5, 0.6) is 0 Å². The average molecular weight is 261 g/mol. The third kappa shape index (κ3) is 2.37. The molecule has 94 valence electrons. The molecular weight excluding hydrogens is 246 g/mol. The Bertz CT molecular complexity index is 639. The number of aromatic nitrogens is 2. The highest BCUT2D eigenvalue weighted by Gasteiger charge is 2.20. The first kappa shape index (κ1) is 11.6. The molecular formula is C13H15N3OS. The van der Waals surface area contributed by atoms with Crippen molar-refractivity contribution in [2.24, 2.45) is 0 Å². The Morgan fingerprint density at radius 1 is 1.61 bits per heavy atom. The highest BCUT2D eigenvalue weighted by Crippen LogP contribution is 2.18. The van der Waals surface area contributed by atoms with E-state index in [2.05, 4.69) is 16.9 Å². The zero-order valence-electron chi connectivity index (χ0n) is 10.1. The number of hydrogen-bond donors (Lipinski definition) is 1. The van der Waals surface area contributed by atoms with Crippen molar-refractivity contribution in [3.8, 4) is 0 Å². The Labute approximate surface area is 109 Å². The van der Waals surface area contributed by atoms with Crippen LogP contribution in [0.2, 0.25) is 0 Å². The molecule has 18 heavy (non-hydrogen) atoms. The van der Waals surface area contributed by atoms with Gasteiger partial charge in [-0.05, 0) is 29.9 Å². The highest BCUT2D eigenvalue weighted by atomic mass is 32.1. The fourth-order valence-electron chi connectivity index (χ4n) is 1.86. The molecule has 2 heterocycles. The van der Waals surface area contributed by atoms with Gasteiger partial charge in [-0.2, -0.15) is 0 Å². The van der Waals surface area contributed by atoms with E-state index in [1.807, 2.05) is 11.4 Å². The minimum Gasteiger partial charge on any atom is -0.310 e. The van der Waals surface area contributed by atoms with Gasteiger partial charge in [-0.3, -0.25) is 9.36 Å². The maximum Gasteiger partial charge on any atom is 0.271 e. The summed E-state index contributed by atoms with van der Waals surface area (Å²) in [6, 6.07) is 2.53. The van der Waals surface area contributed by atoms with Crippen LogP contribution in [-0.4, -0.2) is 22.1 Å². The predicted molar refractivity (Wildman–Crippen MR) is 74.0 cm³/mol. The molecule has 1 fully saturated rings. The molecule has 0 unspecified atom stereocenters. The van der Waals surface area contributed by atoms with Crippen LogP contribution in [0.3, 0.4) is 0 Å². The summed E-state index contributed by atoms with van der Waals surface area (Å²) in [5.41, 5.74) is 1.83. The second kappa shape index (κ2) is 4.66. The van der Waals surface area contributed by atoms with Gasteiger partial charge in [-0.1, -0.05) is 6.58 Å². The monoisotopic (exact) mass is 261 g/mol. The first-order valence-corrected chi connectivity index (χ1v) is 6.94. The molecule has 0 aliphatic heterocycles. The third-order valence-corrected chi connectivity index (χ3v) is 3.94. The van der Waals surface area contributed by atoms with Gasteiger partial charge in [0.25, 0.3) is 5.56 Å². The normalized spacial score (nSPS) is 15.1. The molecule has 0 radical (unpaired) electrons. The summed E-state index contributed by atoms with van der Waals surface area (Å²) < 4.78 is 2.36. The first-order valence-electron chi connectivity index (χ1n) is 6.07. The second-order valence-electron chi connectivity index (χ2n) is 4.72. The van der Waals surface area contributed by atoms with E-state index in [-0.39, 0.29) is 5.56 Å². The molecule has 3 rings (SSSR count). The van der Waals surface area contributed by atoms with Crippen molar-refractivity contribution in [3.63, 3.8) is 0 Å². The molecule has 0 aromatic carbocycles. The van der Waals surface area contributed by atoms with Crippen molar-refractivity contribution in [2.75, 3.05) is 6.54 Å². The van der Waals surface area contributed by atoms with Gasteiger partial charge >= 0.3 is 0 Å². The quantitative estimate of drug-likeness (QED) is 0.834. The van der Waals surface area contributed by atoms with Gasteiger partial charge in [0.05, 0.1) is 11.8 Å². The van der Waals surface area contributed by atoms with Gasteiger partial charge in [0.1, 0.15) is 4.70 Å². The number of rotatable bonds is 5. The number of nitrogens with zero attached hydrogens (tertiary/aromatic N) is 2. The molecule has 5 heteroatoms. The number of thiophene rings is 1. The lowest BCUT2D eigenvalue weighted by molar-refractivity contribution is 0.667. The van der Waals surface area contributed by atoms with Crippen molar-refractivity contribution in [1.29, 1.82) is 0 Å². The van der Waals surface area contributed by atoms with E-state index in [1.165, 1.54) is 24.2 Å². The third-order valence-electron chi connectivity index (χ3n) is 3.05. The fourth-order valence-corrected chi connectivity index (χ4v) is 2.66. The topological polar surface area (TPSA) is 46.9 Å². The van der Waals surface area contributed by atoms with Crippen LogP contribution in [0, 0.1) is 0 Å². The summed E-state index contributed by atoms with van der Waals surface area (Å²) in [6.45, 7) is 5.33. The molecule has 0 bridgehead atoms. The summed E-state index contributed by atoms with van der Waals surface area (Å²) in [4.78, 5) is 16.4. The lowest BCUT2D eigenvalue weighted by Gasteiger charge is -2.09. The van der Waals surface area contributed by atoms with Crippen LogP contribution in [0.15, 0.2) is 34.7 Å². The Kier molecular flexibility index (Phi) is 3.01. The van der Waals surface area contributed by atoms with Crippen molar-refractivity contribution in [3.05, 3.63) is 40.3 Å². The molecule has 2 aromatic rings. The van der Waals surface area contributed by atoms with E-state index in [1.54, 1.807) is 10.9 Å². The molecule has 1 aliphatic carbocycles. The minimum atomic E-state index is 0.0302. The maximum atomic E-state index is 12.1. The van der Waals surface area contributed by atoms with E-state index in [0.29, 0.717) is 12.6 Å². The second-order valence-corrected chi connectivity index (χ2v) is 5.63. The molecule has 0 spiro atoms. The van der Waals surface area contributed by atoms with E-state index >= 15 is 0 Å². The Morgan fingerprint density at radius 2 is 2.44 bits per heavy atom. The van der Waals surface area contributed by atoms with Crippen molar-refractivity contribution in [2.45, 2.75) is 25.4 Å². The largest absolute Gasteiger partial charge is 0.310 e. The molecule has 1 N–H and O–H groups in total. The van der Waals surface area contributed by atoms with Crippen LogP contribution in [0.4, 0.5) is 0 Å². The van der Waals surface area contributed by atoms with Gasteiger partial charge in [0, 0.05) is 19.1 Å². The van der Waals surface area contributed by atoms with Crippen molar-refractivity contribution in [1.82, 2.24) is 14.9 Å². The van der Waals surface area contributed by atoms with E-state index in [4.69, 9.17) is 0 Å². The summed E-state index contributed by atoms with van der Waals surface area (Å²) >= 11 is 1.44. The Morgan fingerprint density at radius 3 is 3.22 bits per heavy atom. The summed E-state index contributed by atoms with van der Waals surface area (Å²) in [6.07, 6.45) is 4.13. The smallest absolute Gasteiger partial charge is 0.271 e. The van der Waals surface area contributed by atoms with Gasteiger partial charge in [-0.15, -0.1) is 11.3 Å². The zero-order valence-corrected chi connectivity index (χ0v) is 10.9. The molecule has 0 atom stereocenters. The van der Waals surface area contributed by atoms with Gasteiger partial charge in [-0.25, -0.2) is 4.98 Å². The zero-order chi connectivity index (χ0) is 12.5. The summed E-state index contributed by atoms with van der Waals surface area (Å²) in [5, 5.41) is 5.29. The molecule has 4 nitrogen and oxygen atoms in total. The standard InChI is InChI=1S/C13H15N3OS/c1-9(6-14-10-2-3-10)7-16-8-15-11-4-5-18-12(11)13(16)17/h4-5,8,10,14H,1-3,6-7H2. The number of fused-ring (bicyclic) bond motifs is 1. The van der Waals surface area contributed by atoms with E-state index in [9.17, 15) is 4.79 Å². The highest BCUT2D eigenvalue weighted by molar-refractivity contribution is 7.17. The number of hydrogen-bond acceptors (Lipinski definition) is 4. The van der Waals surface area contributed by atoms with Crippen LogP contribution < -0.4 is 10.9 Å². The van der Waals surface area contributed by atoms with E-state index in [0.717, 1.165) is 22.3 Å². The van der Waals surface area contributed by atoms with Crippen LogP contribution in [0.25, 0.3) is 10.2 Å². The van der Waals surface area contributed by atoms with Gasteiger partial charge < -0.3 is 5.32 Å². The van der Waals surface area contributed by atoms with Crippen molar-refractivity contribution < 1.29 is 0 Å². The molecule has 0 saturated heterocycles. The lowest BCUT2D eigenvalue weighted by atomic mass is 10.3. The fraction of sp³-hybridized carbons (Fsp3) is 0.385. The first-order chi connectivity index (χ1) is 8.74. The molecule has 1 saturated carbocycles. The Balaban J connectivity index is 1.74. The summed E-state index contributed by atoms with van der Waals surface area (Å²) in [5.74, 6) is 0. The van der Waals surface area contributed by atoms with Crippen LogP contribution in [0.1, 0.15) is 12.8 Å². The molecule has 1 aliphatic rings. The summed E-state index contributed by atoms with van der Waals surface area (Å²) in [7, 11) is 0. The predicted octanol–water partition coefficient (Wildman–Crippen LogP) is 1.77.